The van der Waals surface area contributed by atoms with Crippen molar-refractivity contribution in [2.75, 3.05) is 13.1 Å². The number of aromatic amines is 1. The molecule has 2 aliphatic rings. The van der Waals surface area contributed by atoms with E-state index in [-0.39, 0.29) is 17.5 Å². The maximum atomic E-state index is 12.9. The monoisotopic (exact) mass is 261 g/mol. The molecule has 4 nitrogen and oxygen atoms in total. The van der Waals surface area contributed by atoms with Gasteiger partial charge in [-0.05, 0) is 57.7 Å². The normalized spacial score (nSPS) is 31.6. The first-order valence-electron chi connectivity index (χ1n) is 7.40. The Bertz CT molecular complexity index is 434. The van der Waals surface area contributed by atoms with E-state index in [0.717, 1.165) is 38.8 Å². The van der Waals surface area contributed by atoms with Crippen LogP contribution in [0.4, 0.5) is 0 Å². The average Bonchev–Trinajstić information content (AvgIpc) is 3.09. The van der Waals surface area contributed by atoms with Crippen LogP contribution in [-0.4, -0.2) is 34.4 Å². The predicted molar refractivity (Wildman–Crippen MR) is 74.7 cm³/mol. The second-order valence-electron chi connectivity index (χ2n) is 6.00. The number of nitrogens with zero attached hydrogens (tertiary/aromatic N) is 1. The van der Waals surface area contributed by atoms with E-state index >= 15 is 0 Å². The number of hydrogen-bond donors (Lipinski definition) is 2. The highest BCUT2D eigenvalue weighted by molar-refractivity contribution is 5.86. The molecule has 3 heterocycles. The molecular formula is C15H23N3O. The smallest absolute Gasteiger partial charge is 0.243 e. The third-order valence-corrected chi connectivity index (χ3v) is 4.59. The number of hydrogen-bond acceptors (Lipinski definition) is 2. The van der Waals surface area contributed by atoms with Crippen LogP contribution in [0.5, 0.6) is 0 Å². The second kappa shape index (κ2) is 5.00. The first-order valence-corrected chi connectivity index (χ1v) is 7.40. The summed E-state index contributed by atoms with van der Waals surface area (Å²) in [6.07, 6.45) is 7.41. The van der Waals surface area contributed by atoms with Gasteiger partial charge in [0, 0.05) is 18.4 Å². The van der Waals surface area contributed by atoms with Gasteiger partial charge in [0.05, 0.1) is 11.6 Å². The highest BCUT2D eigenvalue weighted by Crippen LogP contribution is 2.34. The highest BCUT2D eigenvalue weighted by atomic mass is 16.2. The number of likely N-dealkylation sites (tertiary alicyclic amines) is 1. The van der Waals surface area contributed by atoms with Gasteiger partial charge in [-0.1, -0.05) is 0 Å². The van der Waals surface area contributed by atoms with Crippen molar-refractivity contribution in [1.29, 1.82) is 0 Å². The summed E-state index contributed by atoms with van der Waals surface area (Å²) in [5.41, 5.74) is 0.818. The van der Waals surface area contributed by atoms with E-state index in [1.807, 2.05) is 12.3 Å². The van der Waals surface area contributed by atoms with E-state index in [9.17, 15) is 4.79 Å². The molecule has 0 aromatic carbocycles. The molecule has 0 bridgehead atoms. The SMILES string of the molecule is CC1(C(=O)N2CCCC2c2ccc[nH]2)CCCCN1. The van der Waals surface area contributed by atoms with Crippen molar-refractivity contribution in [3.8, 4) is 0 Å². The quantitative estimate of drug-likeness (QED) is 0.857. The zero-order chi connectivity index (χ0) is 13.3. The molecule has 2 saturated heterocycles. The Morgan fingerprint density at radius 2 is 2.32 bits per heavy atom. The standard InChI is InChI=1S/C15H23N3O/c1-15(8-2-3-10-17-15)14(19)18-11-5-7-13(18)12-6-4-9-16-12/h4,6,9,13,16-17H,2-3,5,7-8,10-11H2,1H3. The van der Waals surface area contributed by atoms with E-state index < -0.39 is 0 Å². The summed E-state index contributed by atoms with van der Waals surface area (Å²) in [5.74, 6) is 0.282. The molecule has 0 aliphatic carbocycles. The van der Waals surface area contributed by atoms with Crippen LogP contribution in [0.1, 0.15) is 50.8 Å². The zero-order valence-electron chi connectivity index (χ0n) is 11.6. The third kappa shape index (κ3) is 2.29. The largest absolute Gasteiger partial charge is 0.363 e. The molecule has 4 heteroatoms. The van der Waals surface area contributed by atoms with E-state index in [1.54, 1.807) is 0 Å². The van der Waals surface area contributed by atoms with Gasteiger partial charge in [-0.3, -0.25) is 4.79 Å². The molecule has 2 N–H and O–H groups in total. The minimum Gasteiger partial charge on any atom is -0.363 e. The molecular weight excluding hydrogens is 238 g/mol. The maximum absolute atomic E-state index is 12.9. The topological polar surface area (TPSA) is 48.1 Å². The zero-order valence-corrected chi connectivity index (χ0v) is 11.6. The predicted octanol–water partition coefficient (Wildman–Crippen LogP) is 2.21. The Labute approximate surface area is 114 Å². The number of nitrogens with one attached hydrogen (secondary N) is 2. The van der Waals surface area contributed by atoms with Crippen molar-refractivity contribution in [1.82, 2.24) is 15.2 Å². The van der Waals surface area contributed by atoms with Crippen molar-refractivity contribution in [2.24, 2.45) is 0 Å². The van der Waals surface area contributed by atoms with Crippen LogP contribution in [0.15, 0.2) is 18.3 Å². The molecule has 0 radical (unpaired) electrons. The highest BCUT2D eigenvalue weighted by Gasteiger charge is 2.41. The minimum atomic E-state index is -0.354. The number of amides is 1. The number of aromatic nitrogens is 1. The lowest BCUT2D eigenvalue weighted by molar-refractivity contribution is -0.139. The van der Waals surface area contributed by atoms with Crippen molar-refractivity contribution >= 4 is 5.91 Å². The Kier molecular flexibility index (Phi) is 3.35. The molecule has 104 valence electrons. The van der Waals surface area contributed by atoms with Gasteiger partial charge < -0.3 is 15.2 Å². The average molecular weight is 261 g/mol. The van der Waals surface area contributed by atoms with Gasteiger partial charge in [0.25, 0.3) is 0 Å². The summed E-state index contributed by atoms with van der Waals surface area (Å²) in [4.78, 5) is 18.2. The van der Waals surface area contributed by atoms with Gasteiger partial charge in [0.1, 0.15) is 0 Å². The van der Waals surface area contributed by atoms with Crippen LogP contribution < -0.4 is 5.32 Å². The summed E-state index contributed by atoms with van der Waals surface area (Å²) >= 11 is 0. The lowest BCUT2D eigenvalue weighted by Crippen LogP contribution is -2.57. The molecule has 2 atom stereocenters. The van der Waals surface area contributed by atoms with Gasteiger partial charge in [0.2, 0.25) is 5.91 Å². The molecule has 0 saturated carbocycles. The van der Waals surface area contributed by atoms with E-state index in [1.165, 1.54) is 12.1 Å². The van der Waals surface area contributed by atoms with Gasteiger partial charge >= 0.3 is 0 Å². The third-order valence-electron chi connectivity index (χ3n) is 4.59. The number of rotatable bonds is 2. The van der Waals surface area contributed by atoms with E-state index in [2.05, 4.69) is 28.2 Å². The number of piperidine rings is 1. The Hall–Kier alpha value is -1.29. The van der Waals surface area contributed by atoms with Crippen molar-refractivity contribution < 1.29 is 4.79 Å². The summed E-state index contributed by atoms with van der Waals surface area (Å²) in [6, 6.07) is 4.34. The first-order chi connectivity index (χ1) is 9.21. The number of carbonyl (C=O) groups excluding carboxylic acids is 1. The van der Waals surface area contributed by atoms with Crippen LogP contribution in [0.25, 0.3) is 0 Å². The van der Waals surface area contributed by atoms with E-state index in [0.29, 0.717) is 0 Å². The number of carbonyl (C=O) groups is 1. The first kappa shape index (κ1) is 12.7. The van der Waals surface area contributed by atoms with Gasteiger partial charge in [0.15, 0.2) is 0 Å². The van der Waals surface area contributed by atoms with Crippen molar-refractivity contribution in [3.63, 3.8) is 0 Å². The second-order valence-corrected chi connectivity index (χ2v) is 6.00. The van der Waals surface area contributed by atoms with Crippen LogP contribution >= 0.6 is 0 Å². The van der Waals surface area contributed by atoms with Crippen molar-refractivity contribution in [2.45, 2.75) is 50.6 Å². The molecule has 2 fully saturated rings. The Balaban J connectivity index is 1.78. The van der Waals surface area contributed by atoms with Gasteiger partial charge in [-0.15, -0.1) is 0 Å². The molecule has 0 spiro atoms. The molecule has 2 unspecified atom stereocenters. The summed E-state index contributed by atoms with van der Waals surface area (Å²) in [7, 11) is 0. The molecule has 1 aromatic rings. The van der Waals surface area contributed by atoms with Gasteiger partial charge in [-0.2, -0.15) is 0 Å². The minimum absolute atomic E-state index is 0.239. The lowest BCUT2D eigenvalue weighted by atomic mass is 9.89. The maximum Gasteiger partial charge on any atom is 0.243 e. The molecule has 1 aromatic heterocycles. The lowest BCUT2D eigenvalue weighted by Gasteiger charge is -2.38. The molecule has 2 aliphatic heterocycles. The summed E-state index contributed by atoms with van der Waals surface area (Å²) < 4.78 is 0. The Morgan fingerprint density at radius 1 is 1.42 bits per heavy atom. The van der Waals surface area contributed by atoms with E-state index in [4.69, 9.17) is 0 Å². The fourth-order valence-electron chi connectivity index (χ4n) is 3.44. The summed E-state index contributed by atoms with van der Waals surface area (Å²) in [6.45, 7) is 3.92. The molecule has 19 heavy (non-hydrogen) atoms. The van der Waals surface area contributed by atoms with Crippen LogP contribution in [0, 0.1) is 0 Å². The van der Waals surface area contributed by atoms with Crippen molar-refractivity contribution in [3.05, 3.63) is 24.0 Å². The number of H-pyrrole nitrogens is 1. The Morgan fingerprint density at radius 3 is 3.00 bits per heavy atom. The summed E-state index contributed by atoms with van der Waals surface area (Å²) in [5, 5.41) is 3.44. The fourth-order valence-corrected chi connectivity index (χ4v) is 3.44. The molecule has 1 amide bonds. The van der Waals surface area contributed by atoms with Gasteiger partial charge in [-0.25, -0.2) is 0 Å². The van der Waals surface area contributed by atoms with Crippen LogP contribution in [0.3, 0.4) is 0 Å². The molecule has 3 rings (SSSR count). The van der Waals surface area contributed by atoms with Crippen LogP contribution in [0.2, 0.25) is 0 Å². The van der Waals surface area contributed by atoms with Crippen LogP contribution in [-0.2, 0) is 4.79 Å². The fraction of sp³-hybridized carbons (Fsp3) is 0.667.